The number of esters is 1. The highest BCUT2D eigenvalue weighted by Gasteiger charge is 2.25. The number of hydrogen-bond acceptors (Lipinski definition) is 5. The highest BCUT2D eigenvalue weighted by molar-refractivity contribution is 5.69. The maximum atomic E-state index is 12.7. The van der Waals surface area contributed by atoms with Crippen LogP contribution in [0.5, 0.6) is 0 Å². The molecule has 0 aromatic heterocycles. The Morgan fingerprint density at radius 3 is 1.44 bits per heavy atom. The largest absolute Gasteiger partial charge is 0.493 e. The molecular weight excluding hydrogens is 667 g/mol. The zero-order valence-corrected chi connectivity index (χ0v) is 37.5. The number of carbonyl (C=O) groups is 1. The lowest BCUT2D eigenvalue weighted by molar-refractivity contribution is -0.150. The van der Waals surface area contributed by atoms with Crippen LogP contribution in [0.4, 0.5) is 0 Å². The van der Waals surface area contributed by atoms with Crippen LogP contribution in [0.3, 0.4) is 0 Å². The summed E-state index contributed by atoms with van der Waals surface area (Å²) in [5.41, 5.74) is -0.0518. The Morgan fingerprint density at radius 1 is 0.537 bits per heavy atom. The molecule has 0 amide bonds. The van der Waals surface area contributed by atoms with E-state index in [4.69, 9.17) is 9.47 Å². The van der Waals surface area contributed by atoms with Crippen molar-refractivity contribution in [3.05, 3.63) is 12.3 Å². The van der Waals surface area contributed by atoms with E-state index < -0.39 is 0 Å². The summed E-state index contributed by atoms with van der Waals surface area (Å²) in [6.45, 7) is 18.8. The summed E-state index contributed by atoms with van der Waals surface area (Å²) in [5, 5.41) is 9.63. The third kappa shape index (κ3) is 35.4. The maximum absolute atomic E-state index is 12.7. The van der Waals surface area contributed by atoms with Gasteiger partial charge in [0.1, 0.15) is 11.7 Å². The first-order valence-electron chi connectivity index (χ1n) is 24.2. The molecule has 0 aliphatic heterocycles. The third-order valence-electron chi connectivity index (χ3n) is 11.5. The minimum Gasteiger partial charge on any atom is -0.493 e. The van der Waals surface area contributed by atoms with E-state index >= 15 is 0 Å². The molecule has 1 N–H and O–H groups in total. The number of aliphatic hydroxyl groups is 1. The lowest BCUT2D eigenvalue weighted by atomic mass is 9.92. The highest BCUT2D eigenvalue weighted by Crippen LogP contribution is 2.29. The van der Waals surface area contributed by atoms with Crippen molar-refractivity contribution in [3.63, 3.8) is 0 Å². The van der Waals surface area contributed by atoms with Crippen LogP contribution < -0.4 is 0 Å². The van der Waals surface area contributed by atoms with E-state index in [0.717, 1.165) is 83.2 Å². The Kier molecular flexibility index (Phi) is 39.3. The van der Waals surface area contributed by atoms with Crippen LogP contribution in [0.2, 0.25) is 0 Å². The van der Waals surface area contributed by atoms with E-state index in [1.165, 1.54) is 161 Å². The second-order valence-electron chi connectivity index (χ2n) is 17.2. The number of hydrogen-bond donors (Lipinski definition) is 1. The van der Waals surface area contributed by atoms with E-state index in [1.54, 1.807) is 0 Å². The topological polar surface area (TPSA) is 59.0 Å². The van der Waals surface area contributed by atoms with Crippen molar-refractivity contribution in [3.8, 4) is 0 Å². The molecule has 0 saturated carbocycles. The average Bonchev–Trinajstić information content (AvgIpc) is 3.14. The fourth-order valence-corrected chi connectivity index (χ4v) is 8.05. The van der Waals surface area contributed by atoms with E-state index in [9.17, 15) is 9.90 Å². The predicted molar refractivity (Wildman–Crippen MR) is 236 cm³/mol. The second kappa shape index (κ2) is 40.1. The van der Waals surface area contributed by atoms with Gasteiger partial charge in [0.25, 0.3) is 0 Å². The minimum atomic E-state index is -0.0518. The number of ether oxygens (including phenoxy) is 2. The smallest absolute Gasteiger partial charge is 0.306 e. The molecule has 1 unspecified atom stereocenters. The normalized spacial score (nSPS) is 12.8. The van der Waals surface area contributed by atoms with Gasteiger partial charge in [-0.05, 0) is 90.6 Å². The van der Waals surface area contributed by atoms with Gasteiger partial charge in [-0.25, -0.2) is 0 Å². The van der Waals surface area contributed by atoms with Crippen molar-refractivity contribution in [2.24, 2.45) is 0 Å². The number of unbranched alkanes of at least 4 members (excludes halogenated alkanes) is 23. The Balaban J connectivity index is 4.15. The molecule has 54 heavy (non-hydrogen) atoms. The first kappa shape index (κ1) is 52.9. The van der Waals surface area contributed by atoms with Gasteiger partial charge in [-0.3, -0.25) is 4.79 Å². The zero-order valence-electron chi connectivity index (χ0n) is 37.5. The van der Waals surface area contributed by atoms with Crippen molar-refractivity contribution in [2.45, 2.75) is 271 Å². The number of aliphatic hydroxyl groups excluding tert-OH is 1. The van der Waals surface area contributed by atoms with Gasteiger partial charge < -0.3 is 19.5 Å². The molecule has 0 saturated heterocycles. The molecule has 0 rings (SSSR count). The molecule has 0 fully saturated rings. The van der Waals surface area contributed by atoms with Crippen LogP contribution >= 0.6 is 0 Å². The monoisotopic (exact) mass is 764 g/mol. The third-order valence-corrected chi connectivity index (χ3v) is 11.5. The fourth-order valence-electron chi connectivity index (χ4n) is 8.05. The summed E-state index contributed by atoms with van der Waals surface area (Å²) in [5.74, 6) is 1.01. The van der Waals surface area contributed by atoms with Crippen LogP contribution in [-0.2, 0) is 14.3 Å². The van der Waals surface area contributed by atoms with Gasteiger partial charge in [-0.1, -0.05) is 176 Å². The molecule has 0 aromatic carbocycles. The fraction of sp³-hybridized carbons (Fsp3) is 0.939. The second-order valence-corrected chi connectivity index (χ2v) is 17.2. The summed E-state index contributed by atoms with van der Waals surface area (Å²) < 4.78 is 12.5. The molecule has 5 heteroatoms. The van der Waals surface area contributed by atoms with Crippen molar-refractivity contribution in [1.29, 1.82) is 0 Å². The number of carbonyl (C=O) groups excluding carboxylic acids is 1. The Morgan fingerprint density at radius 2 is 0.963 bits per heavy atom. The van der Waals surface area contributed by atoms with Gasteiger partial charge in [0.2, 0.25) is 0 Å². The molecular formula is C49H97NO4. The lowest BCUT2D eigenvalue weighted by Gasteiger charge is -2.32. The van der Waals surface area contributed by atoms with Crippen molar-refractivity contribution in [2.75, 3.05) is 26.2 Å². The van der Waals surface area contributed by atoms with Crippen LogP contribution in [0.15, 0.2) is 12.3 Å². The van der Waals surface area contributed by atoms with Gasteiger partial charge in [0.05, 0.1) is 12.4 Å². The molecule has 0 aliphatic rings. The van der Waals surface area contributed by atoms with Crippen LogP contribution in [0, 0.1) is 0 Å². The van der Waals surface area contributed by atoms with Gasteiger partial charge in [0, 0.05) is 19.4 Å². The molecule has 0 bridgehead atoms. The summed E-state index contributed by atoms with van der Waals surface area (Å²) in [6, 6.07) is 0. The molecule has 1 atom stereocenters. The van der Waals surface area contributed by atoms with Crippen molar-refractivity contribution >= 4 is 5.97 Å². The molecule has 0 radical (unpaired) electrons. The number of allylic oxidation sites excluding steroid dienone is 1. The molecule has 0 aliphatic carbocycles. The van der Waals surface area contributed by atoms with Crippen molar-refractivity contribution < 1.29 is 19.4 Å². The lowest BCUT2D eigenvalue weighted by Crippen LogP contribution is -2.29. The Bertz CT molecular complexity index is 787. The molecule has 0 aromatic rings. The van der Waals surface area contributed by atoms with Gasteiger partial charge in [0.15, 0.2) is 0 Å². The number of nitrogens with zero attached hydrogens (tertiary/aromatic N) is 1. The summed E-state index contributed by atoms with van der Waals surface area (Å²) in [7, 11) is 0. The minimum absolute atomic E-state index is 0.0260. The maximum Gasteiger partial charge on any atom is 0.306 e. The van der Waals surface area contributed by atoms with Crippen LogP contribution in [-0.4, -0.2) is 53.9 Å². The number of rotatable bonds is 44. The van der Waals surface area contributed by atoms with E-state index in [-0.39, 0.29) is 24.3 Å². The Hall–Kier alpha value is -1.07. The average molecular weight is 764 g/mol. The molecule has 322 valence electrons. The van der Waals surface area contributed by atoms with Gasteiger partial charge in [-0.15, -0.1) is 0 Å². The zero-order chi connectivity index (χ0) is 39.8. The Labute approximate surface area is 339 Å². The van der Waals surface area contributed by atoms with Crippen LogP contribution in [0.25, 0.3) is 0 Å². The SMILES string of the molecule is C=C(CCCCCCCN(CCO)CCCCCCCC(=O)OC(CCCCCCCC)CCCCCCCC)OC(C)(CCC)CCCCCCCC. The van der Waals surface area contributed by atoms with Crippen LogP contribution in [0.1, 0.15) is 259 Å². The molecule has 5 nitrogen and oxygen atoms in total. The van der Waals surface area contributed by atoms with Gasteiger partial charge >= 0.3 is 5.97 Å². The first-order valence-corrected chi connectivity index (χ1v) is 24.2. The van der Waals surface area contributed by atoms with Crippen molar-refractivity contribution in [1.82, 2.24) is 4.90 Å². The first-order chi connectivity index (χ1) is 26.3. The molecule has 0 spiro atoms. The van der Waals surface area contributed by atoms with E-state index in [0.29, 0.717) is 6.42 Å². The highest BCUT2D eigenvalue weighted by atomic mass is 16.5. The summed E-state index contributed by atoms with van der Waals surface area (Å²) in [4.78, 5) is 15.2. The van der Waals surface area contributed by atoms with E-state index in [1.807, 2.05) is 0 Å². The standard InChI is InChI=1S/C49H97NO4/c1-7-11-14-17-23-30-37-47(38-31-24-18-15-12-8-2)53-48(52)39-32-25-21-28-35-43-50(44-45-51)42-34-27-20-22-29-36-46(5)54-49(6,40-10-4)41-33-26-19-16-13-9-3/h47,51H,5,7-45H2,1-4,6H3. The quantitative estimate of drug-likeness (QED) is 0.0380. The van der Waals surface area contributed by atoms with E-state index in [2.05, 4.69) is 46.1 Å². The molecule has 0 heterocycles. The summed E-state index contributed by atoms with van der Waals surface area (Å²) >= 11 is 0. The predicted octanol–water partition coefficient (Wildman–Crippen LogP) is 15.2. The van der Waals surface area contributed by atoms with Gasteiger partial charge in [-0.2, -0.15) is 0 Å². The summed E-state index contributed by atoms with van der Waals surface area (Å²) in [6.07, 6.45) is 42.3.